The smallest absolute Gasteiger partial charge is 0.224 e. The number of carbonyl (C=O) groups excluding carboxylic acids is 1. The Balaban J connectivity index is 1.25. The second kappa shape index (κ2) is 10.3. The van der Waals surface area contributed by atoms with Crippen molar-refractivity contribution in [3.8, 4) is 11.3 Å². The highest BCUT2D eigenvalue weighted by atomic mass is 35.5. The van der Waals surface area contributed by atoms with Gasteiger partial charge < -0.3 is 10.2 Å². The fraction of sp³-hybridized carbons (Fsp3) is 0.296. The minimum atomic E-state index is -0.0431. The van der Waals surface area contributed by atoms with E-state index in [4.69, 9.17) is 16.7 Å². The lowest BCUT2D eigenvalue weighted by atomic mass is 9.97. The molecule has 2 aromatic heterocycles. The van der Waals surface area contributed by atoms with Crippen LogP contribution in [0.2, 0.25) is 5.02 Å². The summed E-state index contributed by atoms with van der Waals surface area (Å²) in [6, 6.07) is 20.1. The van der Waals surface area contributed by atoms with Gasteiger partial charge in [-0.1, -0.05) is 60.1 Å². The summed E-state index contributed by atoms with van der Waals surface area (Å²) in [6.07, 6.45) is 7.37. The number of carbonyl (C=O) groups is 1. The first kappa shape index (κ1) is 22.4. The molecule has 3 heterocycles. The number of benzene rings is 2. The summed E-state index contributed by atoms with van der Waals surface area (Å²) in [5, 5.41) is 8.53. The maximum absolute atomic E-state index is 12.9. The molecule has 0 saturated carbocycles. The van der Waals surface area contributed by atoms with Crippen LogP contribution in [0.4, 0.5) is 5.82 Å². The second-order valence-corrected chi connectivity index (χ2v) is 9.16. The number of amides is 1. The monoisotopic (exact) mass is 473 g/mol. The van der Waals surface area contributed by atoms with Gasteiger partial charge in [0.05, 0.1) is 16.6 Å². The topological polar surface area (TPSA) is 62.5 Å². The lowest BCUT2D eigenvalue weighted by Gasteiger charge is -2.33. The second-order valence-electron chi connectivity index (χ2n) is 8.76. The van der Waals surface area contributed by atoms with Crippen molar-refractivity contribution in [1.82, 2.24) is 19.9 Å². The summed E-state index contributed by atoms with van der Waals surface area (Å²) in [5.41, 5.74) is 3.92. The lowest BCUT2D eigenvalue weighted by molar-refractivity contribution is -0.125. The van der Waals surface area contributed by atoms with Gasteiger partial charge in [0.15, 0.2) is 5.82 Å². The molecule has 1 amide bonds. The van der Waals surface area contributed by atoms with Gasteiger partial charge in [-0.05, 0) is 43.4 Å². The zero-order chi connectivity index (χ0) is 23.3. The van der Waals surface area contributed by atoms with E-state index in [2.05, 4.69) is 39.5 Å². The zero-order valence-corrected chi connectivity index (χ0v) is 19.8. The Labute approximate surface area is 204 Å². The highest BCUT2D eigenvalue weighted by molar-refractivity contribution is 6.33. The van der Waals surface area contributed by atoms with Crippen LogP contribution < -0.4 is 10.2 Å². The predicted octanol–water partition coefficient (Wildman–Crippen LogP) is 5.02. The highest BCUT2D eigenvalue weighted by Gasteiger charge is 2.27. The number of halogens is 1. The third-order valence-corrected chi connectivity index (χ3v) is 6.72. The van der Waals surface area contributed by atoms with E-state index in [1.54, 1.807) is 6.20 Å². The number of aromatic nitrogens is 3. The zero-order valence-electron chi connectivity index (χ0n) is 19.0. The quantitative estimate of drug-likeness (QED) is 0.383. The van der Waals surface area contributed by atoms with Gasteiger partial charge in [0.2, 0.25) is 5.91 Å². The average molecular weight is 474 g/mol. The molecule has 0 spiro atoms. The van der Waals surface area contributed by atoms with Crippen LogP contribution >= 0.6 is 11.6 Å². The minimum Gasteiger partial charge on any atom is -0.356 e. The molecule has 1 saturated heterocycles. The first-order chi connectivity index (χ1) is 16.7. The molecule has 1 aliphatic rings. The number of hydrogen-bond acceptors (Lipinski definition) is 4. The Morgan fingerprint density at radius 1 is 1.12 bits per heavy atom. The van der Waals surface area contributed by atoms with E-state index in [-0.39, 0.29) is 11.8 Å². The fourth-order valence-corrected chi connectivity index (χ4v) is 4.86. The van der Waals surface area contributed by atoms with Gasteiger partial charge in [-0.3, -0.25) is 4.79 Å². The van der Waals surface area contributed by atoms with Crippen LogP contribution in [-0.2, 0) is 11.2 Å². The van der Waals surface area contributed by atoms with Gasteiger partial charge in [0.25, 0.3) is 0 Å². The van der Waals surface area contributed by atoms with E-state index in [9.17, 15) is 4.79 Å². The maximum atomic E-state index is 12.9. The average Bonchev–Trinajstić information content (AvgIpc) is 3.32. The van der Waals surface area contributed by atoms with Gasteiger partial charge in [0, 0.05) is 37.6 Å². The number of anilines is 1. The first-order valence-electron chi connectivity index (χ1n) is 11.8. The van der Waals surface area contributed by atoms with Crippen LogP contribution in [0.3, 0.4) is 0 Å². The molecular weight excluding hydrogens is 446 g/mol. The molecule has 0 aliphatic carbocycles. The van der Waals surface area contributed by atoms with Crippen LogP contribution in [0.15, 0.2) is 73.1 Å². The van der Waals surface area contributed by atoms with Crippen molar-refractivity contribution in [2.45, 2.75) is 25.7 Å². The van der Waals surface area contributed by atoms with Crippen LogP contribution in [-0.4, -0.2) is 40.1 Å². The number of nitrogens with zero attached hydrogens (tertiary/aromatic N) is 4. The predicted molar refractivity (Wildman–Crippen MR) is 136 cm³/mol. The van der Waals surface area contributed by atoms with Crippen molar-refractivity contribution in [3.63, 3.8) is 0 Å². The standard InChI is InChI=1S/C27H28ClN5O/c28-23-13-5-4-12-22(23)24-18-25-26(29-15-17-33(25)31-24)32-16-7-11-21(19-32)27(34)30-14-6-10-20-8-2-1-3-9-20/h1-5,8-9,12-13,15,17-18,21H,6-7,10-11,14,16,19H2,(H,30,34). The largest absolute Gasteiger partial charge is 0.356 e. The molecule has 6 nitrogen and oxygen atoms in total. The van der Waals surface area contributed by atoms with Crippen LogP contribution in [0.5, 0.6) is 0 Å². The van der Waals surface area contributed by atoms with E-state index in [0.29, 0.717) is 18.1 Å². The molecule has 4 aromatic rings. The number of hydrogen-bond donors (Lipinski definition) is 1. The molecule has 5 rings (SSSR count). The van der Waals surface area contributed by atoms with Crippen LogP contribution in [0.1, 0.15) is 24.8 Å². The molecule has 0 radical (unpaired) electrons. The molecule has 1 unspecified atom stereocenters. The Bertz CT molecular complexity index is 1270. The van der Waals surface area contributed by atoms with E-state index in [1.165, 1.54) is 5.56 Å². The van der Waals surface area contributed by atoms with Gasteiger partial charge >= 0.3 is 0 Å². The van der Waals surface area contributed by atoms with Crippen molar-refractivity contribution in [2.75, 3.05) is 24.5 Å². The van der Waals surface area contributed by atoms with Crippen molar-refractivity contribution in [2.24, 2.45) is 5.92 Å². The molecule has 174 valence electrons. The van der Waals surface area contributed by atoms with Crippen molar-refractivity contribution >= 4 is 28.8 Å². The Hall–Kier alpha value is -3.38. The molecule has 0 bridgehead atoms. The molecule has 1 N–H and O–H groups in total. The Kier molecular flexibility index (Phi) is 6.77. The number of piperidine rings is 1. The van der Waals surface area contributed by atoms with Crippen molar-refractivity contribution < 1.29 is 4.79 Å². The van der Waals surface area contributed by atoms with Gasteiger partial charge in [-0.2, -0.15) is 5.10 Å². The number of aryl methyl sites for hydroxylation is 1. The normalized spacial score (nSPS) is 16.0. The molecule has 34 heavy (non-hydrogen) atoms. The minimum absolute atomic E-state index is 0.0431. The molecule has 1 fully saturated rings. The fourth-order valence-electron chi connectivity index (χ4n) is 4.63. The van der Waals surface area contributed by atoms with Crippen LogP contribution in [0.25, 0.3) is 16.8 Å². The SMILES string of the molecule is O=C(NCCCc1ccccc1)C1CCCN(c2nccn3nc(-c4ccccc4Cl)cc23)C1. The number of fused-ring (bicyclic) bond motifs is 1. The van der Waals surface area contributed by atoms with Crippen molar-refractivity contribution in [1.29, 1.82) is 0 Å². The van der Waals surface area contributed by atoms with Crippen molar-refractivity contribution in [3.05, 3.63) is 83.6 Å². The van der Waals surface area contributed by atoms with Gasteiger partial charge in [-0.25, -0.2) is 9.50 Å². The number of rotatable bonds is 7. The van der Waals surface area contributed by atoms with E-state index in [0.717, 1.165) is 54.8 Å². The summed E-state index contributed by atoms with van der Waals surface area (Å²) in [7, 11) is 0. The first-order valence-corrected chi connectivity index (χ1v) is 12.2. The van der Waals surface area contributed by atoms with E-state index < -0.39 is 0 Å². The molecular formula is C27H28ClN5O. The van der Waals surface area contributed by atoms with Crippen LogP contribution in [0, 0.1) is 5.92 Å². The lowest BCUT2D eigenvalue weighted by Crippen LogP contribution is -2.43. The molecule has 2 aromatic carbocycles. The maximum Gasteiger partial charge on any atom is 0.224 e. The summed E-state index contributed by atoms with van der Waals surface area (Å²) >= 11 is 6.40. The highest BCUT2D eigenvalue weighted by Crippen LogP contribution is 2.31. The Morgan fingerprint density at radius 2 is 1.94 bits per heavy atom. The third-order valence-electron chi connectivity index (χ3n) is 6.40. The van der Waals surface area contributed by atoms with Gasteiger partial charge in [0.1, 0.15) is 5.52 Å². The number of nitrogens with one attached hydrogen (secondary N) is 1. The third kappa shape index (κ3) is 4.92. The summed E-state index contributed by atoms with van der Waals surface area (Å²) < 4.78 is 1.84. The summed E-state index contributed by atoms with van der Waals surface area (Å²) in [6.45, 7) is 2.22. The Morgan fingerprint density at radius 3 is 2.79 bits per heavy atom. The molecule has 7 heteroatoms. The molecule has 1 atom stereocenters. The van der Waals surface area contributed by atoms with Gasteiger partial charge in [-0.15, -0.1) is 0 Å². The van der Waals surface area contributed by atoms with E-state index in [1.807, 2.05) is 47.1 Å². The molecule has 1 aliphatic heterocycles. The summed E-state index contributed by atoms with van der Waals surface area (Å²) in [4.78, 5) is 19.8. The summed E-state index contributed by atoms with van der Waals surface area (Å²) in [5.74, 6) is 0.948. The van der Waals surface area contributed by atoms with E-state index >= 15 is 0 Å².